The van der Waals surface area contributed by atoms with Crippen molar-refractivity contribution < 1.29 is 0 Å². The van der Waals surface area contributed by atoms with Crippen molar-refractivity contribution in [1.29, 1.82) is 0 Å². The minimum absolute atomic E-state index is 0.166. The lowest BCUT2D eigenvalue weighted by Crippen LogP contribution is -2.58. The number of nitrogens with zero attached hydrogens (tertiary/aromatic N) is 3. The first kappa shape index (κ1) is 25.0. The first-order chi connectivity index (χ1) is 16.3. The van der Waals surface area contributed by atoms with E-state index >= 15 is 0 Å². The smallest absolute Gasteiger partial charge is 0.128 e. The van der Waals surface area contributed by atoms with Crippen LogP contribution in [-0.4, -0.2) is 75.5 Å². The van der Waals surface area contributed by atoms with E-state index in [0.29, 0.717) is 6.54 Å². The highest BCUT2D eigenvalue weighted by Gasteiger charge is 2.40. The lowest BCUT2D eigenvalue weighted by Gasteiger charge is -2.43. The van der Waals surface area contributed by atoms with Crippen LogP contribution in [0.1, 0.15) is 29.5 Å². The first-order valence-electron chi connectivity index (χ1n) is 12.4. The predicted octanol–water partition coefficient (Wildman–Crippen LogP) is 3.92. The van der Waals surface area contributed by atoms with Crippen molar-refractivity contribution in [2.24, 2.45) is 4.99 Å². The van der Waals surface area contributed by atoms with E-state index in [2.05, 4.69) is 72.1 Å². The molecule has 1 fully saturated rings. The van der Waals surface area contributed by atoms with E-state index in [-0.39, 0.29) is 5.54 Å². The molecule has 1 saturated heterocycles. The van der Waals surface area contributed by atoms with Crippen LogP contribution in [0.25, 0.3) is 0 Å². The summed E-state index contributed by atoms with van der Waals surface area (Å²) in [5, 5.41) is 11.9. The molecule has 0 radical (unpaired) electrons. The van der Waals surface area contributed by atoms with Crippen LogP contribution in [0.15, 0.2) is 41.4 Å². The summed E-state index contributed by atoms with van der Waals surface area (Å²) >= 11 is 6.22. The summed E-state index contributed by atoms with van der Waals surface area (Å²) in [6, 6.07) is 12.7. The fourth-order valence-corrected chi connectivity index (χ4v) is 5.04. The minimum Gasteiger partial charge on any atom is -0.371 e. The molecule has 0 aromatic heterocycles. The maximum Gasteiger partial charge on any atom is 0.128 e. The molecule has 2 aromatic carbocycles. The summed E-state index contributed by atoms with van der Waals surface area (Å²) in [7, 11) is 8.55. The van der Waals surface area contributed by atoms with Gasteiger partial charge in [0.25, 0.3) is 0 Å². The van der Waals surface area contributed by atoms with E-state index in [4.69, 9.17) is 16.6 Å². The number of anilines is 1. The number of rotatable bonds is 8. The molecule has 0 aliphatic carbocycles. The highest BCUT2D eigenvalue weighted by atomic mass is 35.5. The lowest BCUT2D eigenvalue weighted by molar-refractivity contribution is 0.405. The van der Waals surface area contributed by atoms with E-state index < -0.39 is 0 Å². The standard InChI is InChI=1S/C27H39ClN6/c1-33(2)14-8-21-17-24-25(18-22(21)9-15-34(3)4)32-27(10-12-29-13-11-27)26(31-24)30-19-20-6-5-7-23(28)16-20/h5-7,16-18,29,32H,8-15,19H2,1-4H3,(H,30,31). The average molecular weight is 483 g/mol. The number of hydrogen-bond acceptors (Lipinski definition) is 6. The van der Waals surface area contributed by atoms with Crippen molar-refractivity contribution in [3.8, 4) is 0 Å². The molecular weight excluding hydrogens is 444 g/mol. The molecule has 0 atom stereocenters. The summed E-state index contributed by atoms with van der Waals surface area (Å²) < 4.78 is 0. The van der Waals surface area contributed by atoms with Gasteiger partial charge in [-0.1, -0.05) is 23.7 Å². The highest BCUT2D eigenvalue weighted by molar-refractivity contribution is 6.30. The molecule has 0 bridgehead atoms. The van der Waals surface area contributed by atoms with Crippen molar-refractivity contribution >= 4 is 28.8 Å². The molecule has 0 amide bonds. The van der Waals surface area contributed by atoms with Gasteiger partial charge in [0.05, 0.1) is 16.9 Å². The Morgan fingerprint density at radius 3 is 2.29 bits per heavy atom. The molecule has 4 rings (SSSR count). The van der Waals surface area contributed by atoms with E-state index in [1.165, 1.54) is 11.1 Å². The number of amidine groups is 1. The molecular formula is C27H39ClN6. The number of likely N-dealkylation sites (N-methyl/N-ethyl adjacent to an activating group) is 2. The van der Waals surface area contributed by atoms with E-state index in [9.17, 15) is 0 Å². The van der Waals surface area contributed by atoms with Crippen molar-refractivity contribution in [2.75, 3.05) is 59.7 Å². The first-order valence-corrected chi connectivity index (χ1v) is 12.7. The number of nitrogens with one attached hydrogen (secondary N) is 3. The zero-order chi connectivity index (χ0) is 24.1. The Bertz CT molecular complexity index is 1010. The Balaban J connectivity index is 1.67. The zero-order valence-electron chi connectivity index (χ0n) is 21.0. The summed E-state index contributed by atoms with van der Waals surface area (Å²) in [5.41, 5.74) is 6.03. The van der Waals surface area contributed by atoms with Gasteiger partial charge in [-0.05, 0) is 108 Å². The van der Waals surface area contributed by atoms with Crippen molar-refractivity contribution in [2.45, 2.75) is 37.8 Å². The molecule has 6 nitrogen and oxygen atoms in total. The molecule has 184 valence electrons. The van der Waals surface area contributed by atoms with Gasteiger partial charge in [-0.3, -0.25) is 0 Å². The van der Waals surface area contributed by atoms with E-state index in [1.807, 2.05) is 18.2 Å². The Morgan fingerprint density at radius 2 is 1.65 bits per heavy atom. The van der Waals surface area contributed by atoms with Gasteiger partial charge in [0.15, 0.2) is 0 Å². The summed E-state index contributed by atoms with van der Waals surface area (Å²) in [6.45, 7) is 4.74. The molecule has 34 heavy (non-hydrogen) atoms. The maximum atomic E-state index is 6.22. The second-order valence-electron chi connectivity index (χ2n) is 10.1. The Hall–Kier alpha value is -2.12. The van der Waals surface area contributed by atoms with E-state index in [0.717, 1.165) is 79.7 Å². The van der Waals surface area contributed by atoms with Gasteiger partial charge >= 0.3 is 0 Å². The zero-order valence-corrected chi connectivity index (χ0v) is 21.8. The summed E-state index contributed by atoms with van der Waals surface area (Å²) in [5.74, 6) is 1.04. The molecule has 0 saturated carbocycles. The Labute approximate surface area is 209 Å². The molecule has 0 unspecified atom stereocenters. The van der Waals surface area contributed by atoms with Crippen LogP contribution in [0.4, 0.5) is 11.4 Å². The highest BCUT2D eigenvalue weighted by Crippen LogP contribution is 2.39. The third kappa shape index (κ3) is 6.11. The molecule has 7 heteroatoms. The second kappa shape index (κ2) is 11.1. The molecule has 2 aliphatic heterocycles. The van der Waals surface area contributed by atoms with Crippen LogP contribution in [0.2, 0.25) is 5.02 Å². The van der Waals surface area contributed by atoms with Crippen LogP contribution >= 0.6 is 11.6 Å². The normalized spacial score (nSPS) is 17.0. The SMILES string of the molecule is CN(C)CCc1cc2c(cc1CCN(C)C)NC1(CCNCC1)C(NCc1cccc(Cl)c1)=N2. The number of aliphatic imine (C=N–C) groups is 1. The van der Waals surface area contributed by atoms with Gasteiger partial charge in [0.2, 0.25) is 0 Å². The van der Waals surface area contributed by atoms with Crippen molar-refractivity contribution in [3.05, 3.63) is 58.1 Å². The molecule has 2 aliphatic rings. The van der Waals surface area contributed by atoms with E-state index in [1.54, 1.807) is 0 Å². The maximum absolute atomic E-state index is 6.22. The number of halogens is 1. The molecule has 1 spiro atoms. The third-order valence-electron chi connectivity index (χ3n) is 6.84. The largest absolute Gasteiger partial charge is 0.371 e. The second-order valence-corrected chi connectivity index (χ2v) is 10.6. The number of fused-ring (bicyclic) bond motifs is 1. The predicted molar refractivity (Wildman–Crippen MR) is 145 cm³/mol. The van der Waals surface area contributed by atoms with Crippen molar-refractivity contribution in [3.63, 3.8) is 0 Å². The van der Waals surface area contributed by atoms with Crippen LogP contribution in [-0.2, 0) is 19.4 Å². The average Bonchev–Trinajstić information content (AvgIpc) is 2.80. The monoisotopic (exact) mass is 482 g/mol. The summed E-state index contributed by atoms with van der Waals surface area (Å²) in [4.78, 5) is 9.75. The minimum atomic E-state index is -0.166. The molecule has 2 heterocycles. The lowest BCUT2D eigenvalue weighted by atomic mass is 9.84. The Morgan fingerprint density at radius 1 is 0.971 bits per heavy atom. The topological polar surface area (TPSA) is 54.9 Å². The number of piperidine rings is 1. The Kier molecular flexibility index (Phi) is 8.14. The third-order valence-corrected chi connectivity index (χ3v) is 7.08. The molecule has 3 N–H and O–H groups in total. The van der Waals surface area contributed by atoms with Crippen molar-refractivity contribution in [1.82, 2.24) is 20.4 Å². The van der Waals surface area contributed by atoms with Gasteiger partial charge < -0.3 is 25.8 Å². The van der Waals surface area contributed by atoms with Gasteiger partial charge in [-0.25, -0.2) is 4.99 Å². The van der Waals surface area contributed by atoms with Crippen LogP contribution < -0.4 is 16.0 Å². The van der Waals surface area contributed by atoms with Gasteiger partial charge in [0, 0.05) is 24.7 Å². The van der Waals surface area contributed by atoms with Gasteiger partial charge in [-0.2, -0.15) is 0 Å². The fraction of sp³-hybridized carbons (Fsp3) is 0.519. The fourth-order valence-electron chi connectivity index (χ4n) is 4.82. The number of benzene rings is 2. The van der Waals surface area contributed by atoms with Crippen LogP contribution in [0.5, 0.6) is 0 Å². The quantitative estimate of drug-likeness (QED) is 0.532. The van der Waals surface area contributed by atoms with Crippen LogP contribution in [0.3, 0.4) is 0 Å². The number of hydrogen-bond donors (Lipinski definition) is 3. The van der Waals surface area contributed by atoms with Gasteiger partial charge in [0.1, 0.15) is 5.84 Å². The molecule has 2 aromatic rings. The summed E-state index contributed by atoms with van der Waals surface area (Å²) in [6.07, 6.45) is 4.08. The van der Waals surface area contributed by atoms with Crippen LogP contribution in [0, 0.1) is 0 Å². The van der Waals surface area contributed by atoms with Gasteiger partial charge in [-0.15, -0.1) is 0 Å².